The Morgan fingerprint density at radius 2 is 0.967 bits per heavy atom. The second-order valence-corrected chi connectivity index (χ2v) is 7.01. The van der Waals surface area contributed by atoms with Crippen LogP contribution in [0.4, 0.5) is 11.4 Å². The van der Waals surface area contributed by atoms with Crippen molar-refractivity contribution in [1.29, 1.82) is 0 Å². The summed E-state index contributed by atoms with van der Waals surface area (Å²) >= 11 is 0. The van der Waals surface area contributed by atoms with Crippen LogP contribution in [0.25, 0.3) is 11.1 Å². The molecule has 0 unspecified atom stereocenters. The van der Waals surface area contributed by atoms with E-state index in [-0.39, 0.29) is 0 Å². The van der Waals surface area contributed by atoms with Crippen molar-refractivity contribution in [2.24, 2.45) is 0 Å². The van der Waals surface area contributed by atoms with Crippen molar-refractivity contribution < 1.29 is 19.3 Å². The maximum Gasteiger partial charge on any atom is 0.180 e. The van der Waals surface area contributed by atoms with Gasteiger partial charge in [-0.05, 0) is 59.7 Å². The fraction of sp³-hybridized carbons (Fsp3) is 0.231. The van der Waals surface area contributed by atoms with Crippen LogP contribution in [0.5, 0.6) is 11.5 Å². The average molecular weight is 407 g/mol. The molecule has 0 radical (unpaired) electrons. The molecule has 2 aromatic carbocycles. The Morgan fingerprint density at radius 3 is 1.23 bits per heavy atom. The van der Waals surface area contributed by atoms with E-state index in [9.17, 15) is 0 Å². The molecule has 0 amide bonds. The zero-order valence-electron chi connectivity index (χ0n) is 18.2. The molecule has 0 aliphatic rings. The number of benzene rings is 2. The summed E-state index contributed by atoms with van der Waals surface area (Å²) in [6.45, 7) is 18.7. The first-order valence-electron chi connectivity index (χ1n) is 10.1. The van der Waals surface area contributed by atoms with Crippen molar-refractivity contribution >= 4 is 11.4 Å². The summed E-state index contributed by atoms with van der Waals surface area (Å²) in [4.78, 5) is 2.48. The van der Waals surface area contributed by atoms with Crippen LogP contribution in [0.3, 0.4) is 0 Å². The van der Waals surface area contributed by atoms with Crippen LogP contribution in [0.1, 0.15) is 0 Å². The first kappa shape index (κ1) is 23.2. The summed E-state index contributed by atoms with van der Waals surface area (Å²) < 4.78 is 11.4. The predicted octanol–water partition coefficient (Wildman–Crippen LogP) is 3.15. The summed E-state index contributed by atoms with van der Waals surface area (Å²) in [5, 5.41) is 0. The minimum atomic E-state index is 0.801. The van der Waals surface area contributed by atoms with E-state index in [0.29, 0.717) is 0 Å². The highest BCUT2D eigenvalue weighted by molar-refractivity contribution is 5.71. The number of rotatable bonds is 13. The molecule has 0 aliphatic carbocycles. The summed E-state index contributed by atoms with van der Waals surface area (Å²) in [6, 6.07) is 12.6. The van der Waals surface area contributed by atoms with Crippen molar-refractivity contribution in [2.45, 2.75) is 0 Å². The van der Waals surface area contributed by atoms with E-state index in [0.717, 1.165) is 60.2 Å². The highest BCUT2D eigenvalue weighted by atomic mass is 16.5. The number of methoxy groups -OCH3 is 2. The van der Waals surface area contributed by atoms with E-state index in [1.807, 2.05) is 24.3 Å². The van der Waals surface area contributed by atoms with Gasteiger partial charge in [0.25, 0.3) is 0 Å². The van der Waals surface area contributed by atoms with Gasteiger partial charge in [0, 0.05) is 12.1 Å². The van der Waals surface area contributed by atoms with Crippen molar-refractivity contribution in [3.8, 4) is 22.6 Å². The predicted molar refractivity (Wildman–Crippen MR) is 126 cm³/mol. The number of quaternary nitrogens is 2. The zero-order valence-corrected chi connectivity index (χ0v) is 18.2. The van der Waals surface area contributed by atoms with Gasteiger partial charge in [-0.15, -0.1) is 0 Å². The minimum absolute atomic E-state index is 0.801. The fourth-order valence-corrected chi connectivity index (χ4v) is 3.63. The third-order valence-corrected chi connectivity index (χ3v) is 5.06. The molecule has 2 rings (SSSR count). The van der Waals surface area contributed by atoms with Crippen LogP contribution in [0.15, 0.2) is 87.0 Å². The Kier molecular flexibility index (Phi) is 9.13. The van der Waals surface area contributed by atoms with Crippen LogP contribution in [0, 0.1) is 0 Å². The van der Waals surface area contributed by atoms with Gasteiger partial charge in [-0.3, -0.25) is 9.80 Å². The molecule has 4 heteroatoms. The van der Waals surface area contributed by atoms with Gasteiger partial charge in [-0.1, -0.05) is 26.3 Å². The van der Waals surface area contributed by atoms with E-state index in [4.69, 9.17) is 9.47 Å². The normalized spacial score (nSPS) is 10.7. The lowest BCUT2D eigenvalue weighted by Crippen LogP contribution is -3.06. The lowest BCUT2D eigenvalue weighted by molar-refractivity contribution is -0.819. The average Bonchev–Trinajstić information content (AvgIpc) is 2.78. The van der Waals surface area contributed by atoms with Crippen molar-refractivity contribution in [3.63, 3.8) is 0 Å². The third-order valence-electron chi connectivity index (χ3n) is 5.06. The highest BCUT2D eigenvalue weighted by Crippen LogP contribution is 2.32. The zero-order chi connectivity index (χ0) is 21.9. The molecular formula is C26H34N2O2+2. The smallest absolute Gasteiger partial charge is 0.180 e. The molecule has 0 aliphatic heterocycles. The van der Waals surface area contributed by atoms with Crippen molar-refractivity contribution in [1.82, 2.24) is 0 Å². The number of ether oxygens (including phenoxy) is 2. The van der Waals surface area contributed by atoms with Gasteiger partial charge < -0.3 is 9.47 Å². The van der Waals surface area contributed by atoms with E-state index in [1.54, 1.807) is 14.2 Å². The van der Waals surface area contributed by atoms with Gasteiger partial charge in [-0.25, -0.2) is 0 Å². The summed E-state index contributed by atoms with van der Waals surface area (Å²) in [7, 11) is 3.41. The van der Waals surface area contributed by atoms with Crippen molar-refractivity contribution in [3.05, 3.63) is 87.0 Å². The summed E-state index contributed by atoms with van der Waals surface area (Å²) in [5.74, 6) is 1.69. The van der Waals surface area contributed by atoms with Gasteiger partial charge in [0.05, 0.1) is 14.2 Å². The summed E-state index contributed by atoms with van der Waals surface area (Å²) in [6.07, 6.45) is 7.65. The Labute approximate surface area is 181 Å². The Bertz CT molecular complexity index is 795. The maximum absolute atomic E-state index is 5.72. The van der Waals surface area contributed by atoms with Crippen LogP contribution < -0.4 is 19.3 Å². The van der Waals surface area contributed by atoms with Crippen LogP contribution in [-0.2, 0) is 0 Å². The molecule has 0 fully saturated rings. The third kappa shape index (κ3) is 5.50. The molecule has 0 saturated carbocycles. The fourth-order valence-electron chi connectivity index (χ4n) is 3.63. The monoisotopic (exact) mass is 406 g/mol. The van der Waals surface area contributed by atoms with Crippen LogP contribution >= 0.6 is 0 Å². The molecule has 4 nitrogen and oxygen atoms in total. The van der Waals surface area contributed by atoms with Gasteiger partial charge in [-0.2, -0.15) is 0 Å². The molecule has 2 N–H and O–H groups in total. The number of hydrogen-bond acceptors (Lipinski definition) is 2. The second kappa shape index (κ2) is 11.8. The molecule has 0 atom stereocenters. The highest BCUT2D eigenvalue weighted by Gasteiger charge is 2.19. The van der Waals surface area contributed by atoms with E-state index in [1.165, 1.54) is 9.80 Å². The van der Waals surface area contributed by atoms with Crippen LogP contribution in [-0.4, -0.2) is 40.4 Å². The Balaban J connectivity index is 2.45. The van der Waals surface area contributed by atoms with Gasteiger partial charge >= 0.3 is 0 Å². The molecule has 30 heavy (non-hydrogen) atoms. The Morgan fingerprint density at radius 1 is 0.633 bits per heavy atom. The standard InChI is InChI=1S/C26H32N2O2/c1-7-15-27(16-8-2)23-13-11-21(19-25(23)29-5)22-12-14-24(26(20-22)30-6)28(17-9-3)18-10-4/h7-14,19-20H,1-4,15-18H2,5-6H3/p+2. The molecule has 0 heterocycles. The molecule has 0 aromatic heterocycles. The number of nitrogens with one attached hydrogen (secondary N) is 2. The first-order chi connectivity index (χ1) is 14.6. The maximum atomic E-state index is 5.72. The van der Waals surface area contributed by atoms with E-state index < -0.39 is 0 Å². The topological polar surface area (TPSA) is 27.3 Å². The molecule has 0 spiro atoms. The van der Waals surface area contributed by atoms with Crippen LogP contribution in [0.2, 0.25) is 0 Å². The summed E-state index contributed by atoms with van der Waals surface area (Å²) in [5.41, 5.74) is 4.34. The molecule has 158 valence electrons. The molecule has 0 bridgehead atoms. The lowest BCUT2D eigenvalue weighted by Gasteiger charge is -2.20. The molecule has 0 saturated heterocycles. The molecular weight excluding hydrogens is 372 g/mol. The van der Waals surface area contributed by atoms with Crippen molar-refractivity contribution in [2.75, 3.05) is 40.4 Å². The SMILES string of the molecule is C=CC[NH+](CC=C)c1ccc(-c2ccc([NH+](CC=C)CC=C)c(OC)c2)cc1OC. The minimum Gasteiger partial charge on any atom is -0.491 e. The number of hydrogen-bond donors (Lipinski definition) is 2. The second-order valence-electron chi connectivity index (χ2n) is 7.01. The van der Waals surface area contributed by atoms with Gasteiger partial charge in [0.2, 0.25) is 0 Å². The largest absolute Gasteiger partial charge is 0.491 e. The molecule has 2 aromatic rings. The van der Waals surface area contributed by atoms with Gasteiger partial charge in [0.1, 0.15) is 26.2 Å². The van der Waals surface area contributed by atoms with E-state index >= 15 is 0 Å². The first-order valence-corrected chi connectivity index (χ1v) is 10.1. The quantitative estimate of drug-likeness (QED) is 0.500. The van der Waals surface area contributed by atoms with Gasteiger partial charge in [0.15, 0.2) is 22.9 Å². The Hall–Kier alpha value is -3.08. The lowest BCUT2D eigenvalue weighted by atomic mass is 10.0. The van der Waals surface area contributed by atoms with E-state index in [2.05, 4.69) is 62.7 Å².